The molecular formula is C14H22BrNS. The molecule has 1 aromatic rings. The molecule has 1 aliphatic carbocycles. The van der Waals surface area contributed by atoms with Gasteiger partial charge in [0.15, 0.2) is 0 Å². The standard InChI is InChI=1S/C14H22BrNS/c1-3-10-4-5-11(9-16-2)12(8-10)14-13(15)6-7-17-14/h6-7,10-12,16H,3-5,8-9H2,1-2H3. The summed E-state index contributed by atoms with van der Waals surface area (Å²) in [6.07, 6.45) is 5.52. The summed E-state index contributed by atoms with van der Waals surface area (Å²) in [5, 5.41) is 5.58. The number of rotatable bonds is 4. The second-order valence-electron chi connectivity index (χ2n) is 5.14. The minimum Gasteiger partial charge on any atom is -0.319 e. The number of hydrogen-bond donors (Lipinski definition) is 1. The minimum absolute atomic E-state index is 0.760. The van der Waals surface area contributed by atoms with Crippen molar-refractivity contribution in [2.75, 3.05) is 13.6 Å². The largest absolute Gasteiger partial charge is 0.319 e. The fourth-order valence-electron chi connectivity index (χ4n) is 3.09. The summed E-state index contributed by atoms with van der Waals surface area (Å²) in [6.45, 7) is 3.50. The highest BCUT2D eigenvalue weighted by molar-refractivity contribution is 9.10. The van der Waals surface area contributed by atoms with E-state index in [0.717, 1.165) is 24.3 Å². The normalized spacial score (nSPS) is 29.5. The highest BCUT2D eigenvalue weighted by Gasteiger charge is 2.32. The quantitative estimate of drug-likeness (QED) is 0.853. The maximum absolute atomic E-state index is 3.71. The summed E-state index contributed by atoms with van der Waals surface area (Å²) in [4.78, 5) is 1.57. The van der Waals surface area contributed by atoms with Crippen molar-refractivity contribution in [1.29, 1.82) is 0 Å². The van der Waals surface area contributed by atoms with Gasteiger partial charge in [-0.1, -0.05) is 19.8 Å². The van der Waals surface area contributed by atoms with Gasteiger partial charge in [-0.2, -0.15) is 0 Å². The van der Waals surface area contributed by atoms with Crippen molar-refractivity contribution in [2.45, 2.75) is 38.5 Å². The summed E-state index contributed by atoms with van der Waals surface area (Å²) >= 11 is 5.64. The van der Waals surface area contributed by atoms with Gasteiger partial charge in [-0.15, -0.1) is 11.3 Å². The van der Waals surface area contributed by atoms with Gasteiger partial charge < -0.3 is 5.32 Å². The summed E-state index contributed by atoms with van der Waals surface area (Å²) in [5.41, 5.74) is 0. The molecule has 96 valence electrons. The van der Waals surface area contributed by atoms with E-state index in [4.69, 9.17) is 0 Å². The lowest BCUT2D eigenvalue weighted by Gasteiger charge is -2.35. The van der Waals surface area contributed by atoms with Crippen LogP contribution in [0.4, 0.5) is 0 Å². The van der Waals surface area contributed by atoms with Gasteiger partial charge in [0.05, 0.1) is 0 Å². The van der Waals surface area contributed by atoms with Crippen molar-refractivity contribution in [1.82, 2.24) is 5.32 Å². The lowest BCUT2D eigenvalue weighted by atomic mass is 9.72. The van der Waals surface area contributed by atoms with Crippen molar-refractivity contribution >= 4 is 27.3 Å². The van der Waals surface area contributed by atoms with Gasteiger partial charge in [0.2, 0.25) is 0 Å². The monoisotopic (exact) mass is 315 g/mol. The molecule has 1 N–H and O–H groups in total. The zero-order valence-electron chi connectivity index (χ0n) is 10.7. The van der Waals surface area contributed by atoms with E-state index >= 15 is 0 Å². The zero-order valence-corrected chi connectivity index (χ0v) is 13.1. The highest BCUT2D eigenvalue weighted by Crippen LogP contribution is 2.45. The molecule has 1 nitrogen and oxygen atoms in total. The molecule has 3 atom stereocenters. The molecule has 0 aromatic carbocycles. The van der Waals surface area contributed by atoms with Gasteiger partial charge in [-0.05, 0) is 71.6 Å². The minimum atomic E-state index is 0.760. The number of nitrogens with one attached hydrogen (secondary N) is 1. The molecule has 3 heteroatoms. The molecule has 0 spiro atoms. The van der Waals surface area contributed by atoms with E-state index < -0.39 is 0 Å². The molecule has 0 saturated heterocycles. The van der Waals surface area contributed by atoms with Crippen molar-refractivity contribution in [3.8, 4) is 0 Å². The van der Waals surface area contributed by atoms with Crippen LogP contribution in [0, 0.1) is 11.8 Å². The molecule has 0 radical (unpaired) electrons. The summed E-state index contributed by atoms with van der Waals surface area (Å²) < 4.78 is 1.32. The van der Waals surface area contributed by atoms with Gasteiger partial charge in [-0.3, -0.25) is 0 Å². The Morgan fingerprint density at radius 2 is 2.29 bits per heavy atom. The average Bonchev–Trinajstić information content (AvgIpc) is 2.76. The Morgan fingerprint density at radius 3 is 2.88 bits per heavy atom. The van der Waals surface area contributed by atoms with Crippen LogP contribution in [0.3, 0.4) is 0 Å². The van der Waals surface area contributed by atoms with E-state index in [-0.39, 0.29) is 0 Å². The van der Waals surface area contributed by atoms with E-state index in [0.29, 0.717) is 0 Å². The first-order chi connectivity index (χ1) is 8.26. The maximum Gasteiger partial charge on any atom is 0.0317 e. The van der Waals surface area contributed by atoms with E-state index in [2.05, 4.69) is 46.7 Å². The second-order valence-corrected chi connectivity index (χ2v) is 6.95. The van der Waals surface area contributed by atoms with Crippen LogP contribution >= 0.6 is 27.3 Å². The van der Waals surface area contributed by atoms with E-state index in [9.17, 15) is 0 Å². The predicted molar refractivity (Wildman–Crippen MR) is 79.8 cm³/mol. The van der Waals surface area contributed by atoms with E-state index in [1.807, 2.05) is 11.3 Å². The molecule has 17 heavy (non-hydrogen) atoms. The van der Waals surface area contributed by atoms with Crippen molar-refractivity contribution in [2.24, 2.45) is 11.8 Å². The molecule has 1 heterocycles. The van der Waals surface area contributed by atoms with E-state index in [1.165, 1.54) is 30.2 Å². The van der Waals surface area contributed by atoms with Gasteiger partial charge in [0, 0.05) is 9.35 Å². The van der Waals surface area contributed by atoms with Crippen LogP contribution in [0.1, 0.15) is 43.4 Å². The second kappa shape index (κ2) is 6.35. The summed E-state index contributed by atoms with van der Waals surface area (Å²) in [5.74, 6) is 2.51. The van der Waals surface area contributed by atoms with Crippen LogP contribution in [0.5, 0.6) is 0 Å². The molecule has 0 bridgehead atoms. The third-order valence-electron chi connectivity index (χ3n) is 4.13. The zero-order chi connectivity index (χ0) is 12.3. The molecular weight excluding hydrogens is 294 g/mol. The Hall–Kier alpha value is 0.140. The Labute approximate surface area is 117 Å². The smallest absolute Gasteiger partial charge is 0.0317 e. The fraction of sp³-hybridized carbons (Fsp3) is 0.714. The van der Waals surface area contributed by atoms with Crippen LogP contribution < -0.4 is 5.32 Å². The first-order valence-electron chi connectivity index (χ1n) is 6.63. The lowest BCUT2D eigenvalue weighted by Crippen LogP contribution is -2.30. The third kappa shape index (κ3) is 3.12. The topological polar surface area (TPSA) is 12.0 Å². The summed E-state index contributed by atoms with van der Waals surface area (Å²) in [7, 11) is 2.08. The molecule has 1 aromatic heterocycles. The van der Waals surface area contributed by atoms with Crippen LogP contribution in [0.15, 0.2) is 15.9 Å². The molecule has 1 aliphatic rings. The Balaban J connectivity index is 2.16. The predicted octanol–water partition coefficient (Wildman–Crippen LogP) is 4.64. The number of hydrogen-bond acceptors (Lipinski definition) is 2. The maximum atomic E-state index is 3.71. The molecule has 2 rings (SSSR count). The number of thiophene rings is 1. The van der Waals surface area contributed by atoms with E-state index in [1.54, 1.807) is 4.88 Å². The first-order valence-corrected chi connectivity index (χ1v) is 8.31. The van der Waals surface area contributed by atoms with Gasteiger partial charge in [0.1, 0.15) is 0 Å². The summed E-state index contributed by atoms with van der Waals surface area (Å²) in [6, 6.07) is 2.20. The lowest BCUT2D eigenvalue weighted by molar-refractivity contribution is 0.230. The Kier molecular flexibility index (Phi) is 5.07. The van der Waals surface area contributed by atoms with Crippen molar-refractivity contribution in [3.63, 3.8) is 0 Å². The third-order valence-corrected chi connectivity index (χ3v) is 6.13. The van der Waals surface area contributed by atoms with Crippen LogP contribution in [0.2, 0.25) is 0 Å². The van der Waals surface area contributed by atoms with Crippen LogP contribution in [-0.2, 0) is 0 Å². The molecule has 1 fully saturated rings. The fourth-order valence-corrected chi connectivity index (χ4v) is 4.97. The van der Waals surface area contributed by atoms with Gasteiger partial charge in [-0.25, -0.2) is 0 Å². The molecule has 0 amide bonds. The number of halogens is 1. The Morgan fingerprint density at radius 1 is 1.47 bits per heavy atom. The van der Waals surface area contributed by atoms with Crippen molar-refractivity contribution in [3.05, 3.63) is 20.8 Å². The molecule has 0 aliphatic heterocycles. The SMILES string of the molecule is CCC1CCC(CNC)C(c2sccc2Br)C1. The Bertz CT molecular complexity index is 350. The van der Waals surface area contributed by atoms with Crippen LogP contribution in [0.25, 0.3) is 0 Å². The average molecular weight is 316 g/mol. The van der Waals surface area contributed by atoms with Crippen molar-refractivity contribution < 1.29 is 0 Å². The first kappa shape index (κ1) is 13.6. The molecule has 3 unspecified atom stereocenters. The van der Waals surface area contributed by atoms with Gasteiger partial charge in [0.25, 0.3) is 0 Å². The molecule has 1 saturated carbocycles. The van der Waals surface area contributed by atoms with Gasteiger partial charge >= 0.3 is 0 Å². The highest BCUT2D eigenvalue weighted by atomic mass is 79.9. The van der Waals surface area contributed by atoms with Crippen LogP contribution in [-0.4, -0.2) is 13.6 Å².